The molecule has 0 bridgehead atoms. The van der Waals surface area contributed by atoms with Crippen molar-refractivity contribution in [2.24, 2.45) is 0 Å². The van der Waals surface area contributed by atoms with Gasteiger partial charge in [0.25, 0.3) is 5.91 Å². The Kier molecular flexibility index (Phi) is 5.11. The van der Waals surface area contributed by atoms with Gasteiger partial charge >= 0.3 is 0 Å². The molecule has 0 radical (unpaired) electrons. The molecule has 4 nitrogen and oxygen atoms in total. The Morgan fingerprint density at radius 3 is 2.24 bits per heavy atom. The summed E-state index contributed by atoms with van der Waals surface area (Å²) in [6, 6.07) is 14.0. The predicted molar refractivity (Wildman–Crippen MR) is 84.7 cm³/mol. The summed E-state index contributed by atoms with van der Waals surface area (Å²) in [6.07, 6.45) is 0. The minimum Gasteiger partial charge on any atom is -0.484 e. The molecule has 0 aliphatic rings. The van der Waals surface area contributed by atoms with E-state index >= 15 is 0 Å². The average molecular weight is 348 g/mol. The monoisotopic (exact) mass is 347 g/mol. The topological polar surface area (TPSA) is 55.4 Å². The van der Waals surface area contributed by atoms with Crippen LogP contribution in [0.5, 0.6) is 5.75 Å². The van der Waals surface area contributed by atoms with Crippen molar-refractivity contribution in [2.45, 2.75) is 6.92 Å². The molecule has 2 aromatic carbocycles. The molecule has 0 atom stereocenters. The number of halogens is 1. The number of anilines is 1. The lowest BCUT2D eigenvalue weighted by Crippen LogP contribution is -2.20. The fraction of sp³-hybridized carbons (Fsp3) is 0.125. The van der Waals surface area contributed by atoms with Gasteiger partial charge in [-0.1, -0.05) is 15.9 Å². The summed E-state index contributed by atoms with van der Waals surface area (Å²) in [5.41, 5.74) is 1.24. The van der Waals surface area contributed by atoms with Gasteiger partial charge in [0, 0.05) is 15.7 Å². The largest absolute Gasteiger partial charge is 0.484 e. The second-order valence-electron chi connectivity index (χ2n) is 4.42. The molecule has 0 aliphatic heterocycles. The maximum Gasteiger partial charge on any atom is 0.262 e. The van der Waals surface area contributed by atoms with Crippen molar-refractivity contribution in [3.63, 3.8) is 0 Å². The van der Waals surface area contributed by atoms with E-state index in [0.29, 0.717) is 17.0 Å². The highest BCUT2D eigenvalue weighted by Crippen LogP contribution is 2.16. The third-order valence-electron chi connectivity index (χ3n) is 2.76. The lowest BCUT2D eigenvalue weighted by molar-refractivity contribution is -0.118. The zero-order chi connectivity index (χ0) is 15.2. The summed E-state index contributed by atoms with van der Waals surface area (Å²) < 4.78 is 6.32. The molecule has 108 valence electrons. The highest BCUT2D eigenvalue weighted by atomic mass is 79.9. The molecular formula is C16H14BrNO3. The van der Waals surface area contributed by atoms with Crippen molar-refractivity contribution >= 4 is 33.3 Å². The van der Waals surface area contributed by atoms with Crippen LogP contribution in [0.1, 0.15) is 17.3 Å². The number of ketones is 1. The molecule has 2 aromatic rings. The van der Waals surface area contributed by atoms with E-state index in [-0.39, 0.29) is 18.3 Å². The van der Waals surface area contributed by atoms with Gasteiger partial charge in [-0.2, -0.15) is 0 Å². The summed E-state index contributed by atoms with van der Waals surface area (Å²) in [5, 5.41) is 2.71. The number of rotatable bonds is 5. The number of amides is 1. The van der Waals surface area contributed by atoms with Gasteiger partial charge in [0.1, 0.15) is 5.75 Å². The van der Waals surface area contributed by atoms with Crippen LogP contribution in [0.4, 0.5) is 5.69 Å². The summed E-state index contributed by atoms with van der Waals surface area (Å²) in [4.78, 5) is 22.9. The predicted octanol–water partition coefficient (Wildman–Crippen LogP) is 3.67. The summed E-state index contributed by atoms with van der Waals surface area (Å²) in [6.45, 7) is 1.43. The lowest BCUT2D eigenvalue weighted by atomic mass is 10.1. The standard InChI is InChI=1S/C16H14BrNO3/c1-11(19)12-2-6-14(7-3-12)18-16(20)10-21-15-8-4-13(17)5-9-15/h2-9H,10H2,1H3,(H,18,20). The van der Waals surface area contributed by atoms with Crippen molar-refractivity contribution in [1.29, 1.82) is 0 Å². The number of benzene rings is 2. The number of nitrogens with one attached hydrogen (secondary N) is 1. The van der Waals surface area contributed by atoms with E-state index in [1.54, 1.807) is 36.4 Å². The number of hydrogen-bond acceptors (Lipinski definition) is 3. The molecule has 0 saturated carbocycles. The Hall–Kier alpha value is -2.14. The first-order valence-corrected chi connectivity index (χ1v) is 7.13. The molecule has 5 heteroatoms. The van der Waals surface area contributed by atoms with Crippen LogP contribution in [-0.4, -0.2) is 18.3 Å². The number of carbonyl (C=O) groups excluding carboxylic acids is 2. The summed E-state index contributed by atoms with van der Waals surface area (Å²) in [5.74, 6) is 0.361. The molecular weight excluding hydrogens is 334 g/mol. The van der Waals surface area contributed by atoms with E-state index in [4.69, 9.17) is 4.74 Å². The average Bonchev–Trinajstić information content (AvgIpc) is 2.47. The van der Waals surface area contributed by atoms with Crippen molar-refractivity contribution in [2.75, 3.05) is 11.9 Å². The van der Waals surface area contributed by atoms with Crippen LogP contribution in [0.3, 0.4) is 0 Å². The molecule has 21 heavy (non-hydrogen) atoms. The first-order chi connectivity index (χ1) is 10.0. The fourth-order valence-corrected chi connectivity index (χ4v) is 1.93. The van der Waals surface area contributed by atoms with Crippen molar-refractivity contribution in [3.8, 4) is 5.75 Å². The van der Waals surface area contributed by atoms with Crippen LogP contribution in [0.25, 0.3) is 0 Å². The van der Waals surface area contributed by atoms with Gasteiger partial charge in [-0.3, -0.25) is 9.59 Å². The number of hydrogen-bond donors (Lipinski definition) is 1. The maximum atomic E-state index is 11.8. The molecule has 1 amide bonds. The lowest BCUT2D eigenvalue weighted by Gasteiger charge is -2.08. The first-order valence-electron chi connectivity index (χ1n) is 6.34. The molecule has 0 unspecified atom stereocenters. The molecule has 1 N–H and O–H groups in total. The third kappa shape index (κ3) is 4.72. The van der Waals surface area contributed by atoms with Gasteiger partial charge in [-0.05, 0) is 55.5 Å². The van der Waals surface area contributed by atoms with Crippen LogP contribution >= 0.6 is 15.9 Å². The number of Topliss-reactive ketones (excluding diaryl/α,β-unsaturated/α-hetero) is 1. The fourth-order valence-electron chi connectivity index (χ4n) is 1.67. The van der Waals surface area contributed by atoms with Crippen LogP contribution in [-0.2, 0) is 4.79 Å². The van der Waals surface area contributed by atoms with Gasteiger partial charge in [-0.25, -0.2) is 0 Å². The van der Waals surface area contributed by atoms with Gasteiger partial charge in [0.15, 0.2) is 12.4 Å². The highest BCUT2D eigenvalue weighted by molar-refractivity contribution is 9.10. The van der Waals surface area contributed by atoms with E-state index in [9.17, 15) is 9.59 Å². The normalized spacial score (nSPS) is 10.0. The summed E-state index contributed by atoms with van der Waals surface area (Å²) in [7, 11) is 0. The van der Waals surface area contributed by atoms with E-state index in [1.165, 1.54) is 6.92 Å². The number of ether oxygens (including phenoxy) is 1. The minimum absolute atomic E-state index is 0.00792. The van der Waals surface area contributed by atoms with Gasteiger partial charge in [-0.15, -0.1) is 0 Å². The quantitative estimate of drug-likeness (QED) is 0.839. The van der Waals surface area contributed by atoms with Crippen LogP contribution < -0.4 is 10.1 Å². The van der Waals surface area contributed by atoms with E-state index < -0.39 is 0 Å². The molecule has 0 saturated heterocycles. The van der Waals surface area contributed by atoms with Crippen LogP contribution in [0.15, 0.2) is 53.0 Å². The van der Waals surface area contributed by atoms with E-state index in [0.717, 1.165) is 4.47 Å². The molecule has 0 aliphatic carbocycles. The molecule has 0 fully saturated rings. The number of carbonyl (C=O) groups is 2. The summed E-state index contributed by atoms with van der Waals surface area (Å²) >= 11 is 3.33. The van der Waals surface area contributed by atoms with Crippen molar-refractivity contribution in [1.82, 2.24) is 0 Å². The van der Waals surface area contributed by atoms with Gasteiger partial charge < -0.3 is 10.1 Å². The Morgan fingerprint density at radius 1 is 1.05 bits per heavy atom. The first kappa shape index (κ1) is 15.3. The minimum atomic E-state index is -0.256. The Labute approximate surface area is 131 Å². The highest BCUT2D eigenvalue weighted by Gasteiger charge is 2.05. The van der Waals surface area contributed by atoms with Gasteiger partial charge in [0.05, 0.1) is 0 Å². The molecule has 2 rings (SSSR count). The molecule has 0 heterocycles. The van der Waals surface area contributed by atoms with Gasteiger partial charge in [0.2, 0.25) is 0 Å². The molecule has 0 aromatic heterocycles. The second kappa shape index (κ2) is 7.04. The Morgan fingerprint density at radius 2 is 1.67 bits per heavy atom. The maximum absolute atomic E-state index is 11.8. The Bertz CT molecular complexity index is 636. The zero-order valence-corrected chi connectivity index (χ0v) is 13.0. The molecule has 0 spiro atoms. The second-order valence-corrected chi connectivity index (χ2v) is 5.34. The van der Waals surface area contributed by atoms with E-state index in [1.807, 2.05) is 12.1 Å². The smallest absolute Gasteiger partial charge is 0.262 e. The zero-order valence-electron chi connectivity index (χ0n) is 11.4. The van der Waals surface area contributed by atoms with E-state index in [2.05, 4.69) is 21.2 Å². The Balaban J connectivity index is 1.86. The van der Waals surface area contributed by atoms with Crippen LogP contribution in [0, 0.1) is 0 Å². The SMILES string of the molecule is CC(=O)c1ccc(NC(=O)COc2ccc(Br)cc2)cc1. The van der Waals surface area contributed by atoms with Crippen LogP contribution in [0.2, 0.25) is 0 Å². The van der Waals surface area contributed by atoms with Crippen molar-refractivity contribution in [3.05, 3.63) is 58.6 Å². The van der Waals surface area contributed by atoms with Crippen molar-refractivity contribution < 1.29 is 14.3 Å². The third-order valence-corrected chi connectivity index (χ3v) is 3.29.